The second-order valence-electron chi connectivity index (χ2n) is 6.10. The van der Waals surface area contributed by atoms with E-state index < -0.39 is 10.8 Å². The summed E-state index contributed by atoms with van der Waals surface area (Å²) in [5.41, 5.74) is 0.942. The van der Waals surface area contributed by atoms with E-state index in [0.29, 0.717) is 16.3 Å². The first-order valence-corrected chi connectivity index (χ1v) is 9.04. The van der Waals surface area contributed by atoms with Gasteiger partial charge in [0.25, 0.3) is 5.91 Å². The van der Waals surface area contributed by atoms with E-state index in [1.807, 2.05) is 0 Å². The predicted molar refractivity (Wildman–Crippen MR) is 103 cm³/mol. The van der Waals surface area contributed by atoms with Crippen LogP contribution in [0, 0.1) is 17.0 Å². The maximum absolute atomic E-state index is 12.1. The molecular weight excluding hydrogens is 418 g/mol. The molecule has 1 aromatic carbocycles. The fourth-order valence-electron chi connectivity index (χ4n) is 2.45. The van der Waals surface area contributed by atoms with Gasteiger partial charge in [0.05, 0.1) is 16.9 Å². The molecule has 0 aliphatic heterocycles. The fraction of sp³-hybridized carbons (Fsp3) is 0.235. The van der Waals surface area contributed by atoms with E-state index in [2.05, 4.69) is 25.9 Å². The molecule has 30 heavy (non-hydrogen) atoms. The van der Waals surface area contributed by atoms with E-state index in [0.717, 1.165) is 0 Å². The number of hydrogen-bond acceptors (Lipinski definition) is 8. The third kappa shape index (κ3) is 5.17. The Kier molecular flexibility index (Phi) is 6.37. The van der Waals surface area contributed by atoms with E-state index in [4.69, 9.17) is 16.1 Å². The van der Waals surface area contributed by atoms with Crippen molar-refractivity contribution < 1.29 is 19.0 Å². The molecular formula is C17H16ClN7O5. The van der Waals surface area contributed by atoms with Crippen molar-refractivity contribution in [3.05, 3.63) is 68.4 Å². The summed E-state index contributed by atoms with van der Waals surface area (Å²) in [6.45, 7) is 1.96. The first kappa shape index (κ1) is 20.9. The zero-order valence-electron chi connectivity index (χ0n) is 15.7. The molecule has 3 rings (SSSR count). The summed E-state index contributed by atoms with van der Waals surface area (Å²) < 4.78 is 6.23. The first-order valence-electron chi connectivity index (χ1n) is 8.67. The largest absolute Gasteiger partial charge is 0.390 e. The number of benzene rings is 1. The lowest BCUT2D eigenvalue weighted by molar-refractivity contribution is -0.389. The van der Waals surface area contributed by atoms with Gasteiger partial charge in [0, 0.05) is 23.7 Å². The van der Waals surface area contributed by atoms with Crippen LogP contribution in [0.5, 0.6) is 0 Å². The van der Waals surface area contributed by atoms with Crippen LogP contribution in [0.1, 0.15) is 32.6 Å². The standard InChI is InChI=1S/C17H16ClN7O5/c1-10-7-14(25(28)29)22-24(10)9-13-21-17(30-23-13)16(27)20-6-5-19-15(26)11-3-2-4-12(18)8-11/h2-4,7-8H,5-6,9H2,1H3,(H,19,26)(H,20,27). The van der Waals surface area contributed by atoms with E-state index in [1.165, 1.54) is 16.8 Å². The minimum Gasteiger partial charge on any atom is -0.358 e. The summed E-state index contributed by atoms with van der Waals surface area (Å²) >= 11 is 5.84. The molecule has 3 aromatic rings. The highest BCUT2D eigenvalue weighted by Crippen LogP contribution is 2.12. The molecule has 0 bridgehead atoms. The number of halogens is 1. The Balaban J connectivity index is 1.48. The molecule has 0 aliphatic carbocycles. The minimum absolute atomic E-state index is 0.00610. The van der Waals surface area contributed by atoms with Gasteiger partial charge in [0.2, 0.25) is 0 Å². The van der Waals surface area contributed by atoms with Gasteiger partial charge in [-0.3, -0.25) is 9.59 Å². The molecule has 0 radical (unpaired) electrons. The van der Waals surface area contributed by atoms with Crippen molar-refractivity contribution in [3.63, 3.8) is 0 Å². The molecule has 156 valence electrons. The summed E-state index contributed by atoms with van der Waals surface area (Å²) in [4.78, 5) is 38.2. The number of aryl methyl sites for hydroxylation is 1. The molecule has 2 amide bonds. The Hall–Kier alpha value is -3.80. The number of rotatable bonds is 8. The molecule has 0 unspecified atom stereocenters. The van der Waals surface area contributed by atoms with Gasteiger partial charge in [-0.15, -0.1) is 0 Å². The van der Waals surface area contributed by atoms with Gasteiger partial charge >= 0.3 is 17.6 Å². The molecule has 0 atom stereocenters. The van der Waals surface area contributed by atoms with E-state index in [1.54, 1.807) is 25.1 Å². The topological polar surface area (TPSA) is 158 Å². The maximum Gasteiger partial charge on any atom is 0.390 e. The number of amides is 2. The average Bonchev–Trinajstić information content (AvgIpc) is 3.32. The van der Waals surface area contributed by atoms with Crippen molar-refractivity contribution in [2.24, 2.45) is 0 Å². The van der Waals surface area contributed by atoms with Crippen LogP contribution >= 0.6 is 11.6 Å². The van der Waals surface area contributed by atoms with Gasteiger partial charge < -0.3 is 25.3 Å². The van der Waals surface area contributed by atoms with Gasteiger partial charge in [-0.2, -0.15) is 9.67 Å². The number of carbonyl (C=O) groups excluding carboxylic acids is 2. The molecule has 12 nitrogen and oxygen atoms in total. The Labute approximate surface area is 174 Å². The lowest BCUT2D eigenvalue weighted by Crippen LogP contribution is -2.34. The van der Waals surface area contributed by atoms with E-state index in [-0.39, 0.29) is 43.1 Å². The Morgan fingerprint density at radius 2 is 1.97 bits per heavy atom. The number of carbonyl (C=O) groups is 2. The second-order valence-corrected chi connectivity index (χ2v) is 6.53. The number of nitrogens with one attached hydrogen (secondary N) is 2. The summed E-state index contributed by atoms with van der Waals surface area (Å²) in [5, 5.41) is 23.9. The van der Waals surface area contributed by atoms with Crippen molar-refractivity contribution in [1.82, 2.24) is 30.6 Å². The molecule has 0 saturated heterocycles. The minimum atomic E-state index is -0.617. The van der Waals surface area contributed by atoms with Gasteiger partial charge in [-0.1, -0.05) is 22.8 Å². The van der Waals surface area contributed by atoms with Crippen molar-refractivity contribution >= 4 is 29.2 Å². The van der Waals surface area contributed by atoms with Gasteiger partial charge in [-0.05, 0) is 30.0 Å². The third-order valence-corrected chi connectivity index (χ3v) is 4.13. The van der Waals surface area contributed by atoms with Crippen LogP contribution in [0.2, 0.25) is 5.02 Å². The number of nitro groups is 1. The van der Waals surface area contributed by atoms with Crippen LogP contribution in [-0.4, -0.2) is 49.7 Å². The molecule has 13 heteroatoms. The molecule has 0 fully saturated rings. The molecule has 0 saturated carbocycles. The lowest BCUT2D eigenvalue weighted by Gasteiger charge is -2.06. The molecule has 2 heterocycles. The molecule has 2 aromatic heterocycles. The predicted octanol–water partition coefficient (Wildman–Crippen LogP) is 1.34. The Bertz CT molecular complexity index is 1090. The molecule has 0 aliphatic rings. The van der Waals surface area contributed by atoms with Gasteiger partial charge in [0.1, 0.15) is 6.54 Å². The molecule has 2 N–H and O–H groups in total. The summed E-state index contributed by atoms with van der Waals surface area (Å²) in [7, 11) is 0. The number of hydrogen-bond donors (Lipinski definition) is 2. The summed E-state index contributed by atoms with van der Waals surface area (Å²) in [6.07, 6.45) is 0. The normalized spacial score (nSPS) is 10.6. The Morgan fingerprint density at radius 1 is 1.23 bits per heavy atom. The zero-order valence-corrected chi connectivity index (χ0v) is 16.4. The highest BCUT2D eigenvalue weighted by atomic mass is 35.5. The quantitative estimate of drug-likeness (QED) is 0.306. The fourth-order valence-corrected chi connectivity index (χ4v) is 2.64. The van der Waals surface area contributed by atoms with Crippen LogP contribution in [0.4, 0.5) is 5.82 Å². The van der Waals surface area contributed by atoms with Gasteiger partial charge in [0.15, 0.2) is 5.82 Å². The van der Waals surface area contributed by atoms with Gasteiger partial charge in [-0.25, -0.2) is 0 Å². The second kappa shape index (κ2) is 9.13. The summed E-state index contributed by atoms with van der Waals surface area (Å²) in [6, 6.07) is 7.79. The van der Waals surface area contributed by atoms with Crippen molar-refractivity contribution in [2.45, 2.75) is 13.5 Å². The van der Waals surface area contributed by atoms with Crippen LogP contribution < -0.4 is 10.6 Å². The van der Waals surface area contributed by atoms with E-state index >= 15 is 0 Å². The molecule has 0 spiro atoms. The number of aromatic nitrogens is 4. The lowest BCUT2D eigenvalue weighted by atomic mass is 10.2. The van der Waals surface area contributed by atoms with Crippen molar-refractivity contribution in [1.29, 1.82) is 0 Å². The highest BCUT2D eigenvalue weighted by molar-refractivity contribution is 6.30. The average molecular weight is 434 g/mol. The first-order chi connectivity index (χ1) is 14.3. The highest BCUT2D eigenvalue weighted by Gasteiger charge is 2.19. The van der Waals surface area contributed by atoms with Crippen LogP contribution in [0.15, 0.2) is 34.9 Å². The SMILES string of the molecule is Cc1cc([N+](=O)[O-])nn1Cc1noc(C(=O)NCCNC(=O)c2cccc(Cl)c2)n1. The van der Waals surface area contributed by atoms with Crippen molar-refractivity contribution in [2.75, 3.05) is 13.1 Å². The zero-order chi connectivity index (χ0) is 21.7. The number of nitrogens with zero attached hydrogens (tertiary/aromatic N) is 5. The van der Waals surface area contributed by atoms with E-state index in [9.17, 15) is 19.7 Å². The van der Waals surface area contributed by atoms with Crippen LogP contribution in [0.3, 0.4) is 0 Å². The third-order valence-electron chi connectivity index (χ3n) is 3.89. The summed E-state index contributed by atoms with van der Waals surface area (Å²) in [5.74, 6) is -1.38. The van der Waals surface area contributed by atoms with Crippen LogP contribution in [0.25, 0.3) is 0 Å². The Morgan fingerprint density at radius 3 is 2.63 bits per heavy atom. The monoisotopic (exact) mass is 433 g/mol. The van der Waals surface area contributed by atoms with Crippen molar-refractivity contribution in [3.8, 4) is 0 Å². The maximum atomic E-state index is 12.1. The smallest absolute Gasteiger partial charge is 0.358 e. The van der Waals surface area contributed by atoms with Crippen LogP contribution in [-0.2, 0) is 6.54 Å².